The van der Waals surface area contributed by atoms with E-state index in [-0.39, 0.29) is 35.3 Å². The molecule has 0 atom stereocenters. The number of sulfonamides is 1. The lowest BCUT2D eigenvalue weighted by Gasteiger charge is -2.34. The van der Waals surface area contributed by atoms with E-state index in [0.717, 1.165) is 5.56 Å². The van der Waals surface area contributed by atoms with Crippen LogP contribution in [0, 0.1) is 0 Å². The number of rotatable bonds is 7. The number of hydrogen-bond donors (Lipinski definition) is 0. The molecule has 1 aliphatic rings. The zero-order valence-corrected chi connectivity index (χ0v) is 18.1. The fourth-order valence-electron chi connectivity index (χ4n) is 3.05. The molecule has 1 amide bonds. The maximum Gasteiger partial charge on any atom is 0.243 e. The van der Waals surface area contributed by atoms with Gasteiger partial charge in [0.15, 0.2) is 0 Å². The minimum absolute atomic E-state index is 0.0374. The lowest BCUT2D eigenvalue weighted by Crippen LogP contribution is -2.50. The van der Waals surface area contributed by atoms with Crippen molar-refractivity contribution >= 4 is 39.1 Å². The van der Waals surface area contributed by atoms with Gasteiger partial charge in [0.1, 0.15) is 0 Å². The van der Waals surface area contributed by atoms with Gasteiger partial charge in [0.2, 0.25) is 15.9 Å². The van der Waals surface area contributed by atoms with E-state index in [4.69, 9.17) is 27.9 Å². The van der Waals surface area contributed by atoms with Crippen LogP contribution < -0.4 is 0 Å². The summed E-state index contributed by atoms with van der Waals surface area (Å²) in [6.07, 6.45) is 0.270. The molecular formula is C20H22Cl2N2O4S. The van der Waals surface area contributed by atoms with Gasteiger partial charge in [-0.3, -0.25) is 4.79 Å². The van der Waals surface area contributed by atoms with Gasteiger partial charge in [-0.05, 0) is 23.8 Å². The number of amides is 1. The molecule has 0 bridgehead atoms. The third kappa shape index (κ3) is 5.71. The summed E-state index contributed by atoms with van der Waals surface area (Å²) in [6, 6.07) is 14.0. The van der Waals surface area contributed by atoms with Crippen molar-refractivity contribution < 1.29 is 17.9 Å². The van der Waals surface area contributed by atoms with Crippen LogP contribution in [-0.2, 0) is 26.2 Å². The first kappa shape index (κ1) is 22.1. The monoisotopic (exact) mass is 456 g/mol. The molecule has 0 aromatic heterocycles. The largest absolute Gasteiger partial charge is 0.376 e. The van der Waals surface area contributed by atoms with E-state index in [1.807, 2.05) is 30.3 Å². The Labute approximate surface area is 181 Å². The highest BCUT2D eigenvalue weighted by atomic mass is 35.5. The molecule has 6 nitrogen and oxygen atoms in total. The van der Waals surface area contributed by atoms with Crippen LogP contribution in [0.15, 0.2) is 53.4 Å². The highest BCUT2D eigenvalue weighted by Gasteiger charge is 2.30. The Bertz CT molecular complexity index is 946. The van der Waals surface area contributed by atoms with Gasteiger partial charge in [-0.25, -0.2) is 8.42 Å². The van der Waals surface area contributed by atoms with E-state index in [1.54, 1.807) is 4.90 Å². The van der Waals surface area contributed by atoms with Gasteiger partial charge in [-0.15, -0.1) is 0 Å². The molecule has 0 unspecified atom stereocenters. The van der Waals surface area contributed by atoms with E-state index in [0.29, 0.717) is 31.3 Å². The second-order valence-corrected chi connectivity index (χ2v) is 9.40. The van der Waals surface area contributed by atoms with Crippen molar-refractivity contribution in [2.75, 3.05) is 32.8 Å². The van der Waals surface area contributed by atoms with Crippen LogP contribution in [-0.4, -0.2) is 56.3 Å². The molecule has 2 aromatic carbocycles. The van der Waals surface area contributed by atoms with Crippen molar-refractivity contribution in [1.29, 1.82) is 0 Å². The Kier molecular flexibility index (Phi) is 7.54. The zero-order valence-electron chi connectivity index (χ0n) is 15.8. The van der Waals surface area contributed by atoms with Crippen LogP contribution in [0.2, 0.25) is 10.0 Å². The minimum atomic E-state index is -3.67. The SMILES string of the molecule is O=C(CCOCc1ccccc1)N1CCN(S(=O)(=O)c2ccc(Cl)c(Cl)c2)CC1. The van der Waals surface area contributed by atoms with Crippen molar-refractivity contribution in [3.8, 4) is 0 Å². The molecule has 0 saturated carbocycles. The van der Waals surface area contributed by atoms with E-state index < -0.39 is 10.0 Å². The van der Waals surface area contributed by atoms with E-state index in [9.17, 15) is 13.2 Å². The molecular weight excluding hydrogens is 435 g/mol. The Morgan fingerprint density at radius 1 is 0.966 bits per heavy atom. The molecule has 0 aliphatic carbocycles. The number of carbonyl (C=O) groups excluding carboxylic acids is 1. The standard InChI is InChI=1S/C20H22Cl2N2O4S/c21-18-7-6-17(14-19(18)22)29(26,27)24-11-9-23(10-12-24)20(25)8-13-28-15-16-4-2-1-3-5-16/h1-7,14H,8-13,15H2. The van der Waals surface area contributed by atoms with Crippen LogP contribution in [0.4, 0.5) is 0 Å². The average Bonchev–Trinajstić information content (AvgIpc) is 2.74. The number of benzene rings is 2. The molecule has 2 aromatic rings. The lowest BCUT2D eigenvalue weighted by molar-refractivity contribution is -0.133. The van der Waals surface area contributed by atoms with E-state index in [2.05, 4.69) is 0 Å². The number of hydrogen-bond acceptors (Lipinski definition) is 4. The number of halogens is 2. The summed E-state index contributed by atoms with van der Waals surface area (Å²) < 4.78 is 32.5. The lowest BCUT2D eigenvalue weighted by atomic mass is 10.2. The van der Waals surface area contributed by atoms with Crippen LogP contribution in [0.25, 0.3) is 0 Å². The normalized spacial score (nSPS) is 15.4. The van der Waals surface area contributed by atoms with Crippen molar-refractivity contribution in [3.05, 3.63) is 64.1 Å². The van der Waals surface area contributed by atoms with Gasteiger partial charge in [0.05, 0.1) is 34.6 Å². The first-order valence-corrected chi connectivity index (χ1v) is 11.4. The molecule has 1 fully saturated rings. The van der Waals surface area contributed by atoms with Crippen LogP contribution in [0.1, 0.15) is 12.0 Å². The predicted octanol–water partition coefficient (Wildman–Crippen LogP) is 3.43. The first-order valence-electron chi connectivity index (χ1n) is 9.22. The topological polar surface area (TPSA) is 66.9 Å². The number of carbonyl (C=O) groups is 1. The smallest absolute Gasteiger partial charge is 0.243 e. The third-order valence-corrected chi connectivity index (χ3v) is 7.33. The van der Waals surface area contributed by atoms with Gasteiger partial charge in [0.25, 0.3) is 0 Å². The molecule has 156 valence electrons. The van der Waals surface area contributed by atoms with Crippen molar-refractivity contribution in [1.82, 2.24) is 9.21 Å². The summed E-state index contributed by atoms with van der Waals surface area (Å²) in [5.41, 5.74) is 1.06. The highest BCUT2D eigenvalue weighted by Crippen LogP contribution is 2.27. The fourth-order valence-corrected chi connectivity index (χ4v) is 4.86. The van der Waals surface area contributed by atoms with Crippen molar-refractivity contribution in [2.24, 2.45) is 0 Å². The first-order chi connectivity index (χ1) is 13.9. The minimum Gasteiger partial charge on any atom is -0.376 e. The summed E-state index contributed by atoms with van der Waals surface area (Å²) in [7, 11) is -3.67. The Morgan fingerprint density at radius 3 is 2.31 bits per heavy atom. The molecule has 3 rings (SSSR count). The fraction of sp³-hybridized carbons (Fsp3) is 0.350. The maximum absolute atomic E-state index is 12.8. The summed E-state index contributed by atoms with van der Waals surface area (Å²) in [5, 5.41) is 0.493. The molecule has 0 spiro atoms. The van der Waals surface area contributed by atoms with Gasteiger partial charge < -0.3 is 9.64 Å². The molecule has 1 aliphatic heterocycles. The number of nitrogens with zero attached hydrogens (tertiary/aromatic N) is 2. The maximum atomic E-state index is 12.8. The summed E-state index contributed by atoms with van der Waals surface area (Å²) in [4.78, 5) is 14.1. The van der Waals surface area contributed by atoms with Gasteiger partial charge in [-0.1, -0.05) is 53.5 Å². The Balaban J connectivity index is 1.46. The highest BCUT2D eigenvalue weighted by molar-refractivity contribution is 7.89. The second-order valence-electron chi connectivity index (χ2n) is 6.65. The molecule has 0 N–H and O–H groups in total. The average molecular weight is 457 g/mol. The van der Waals surface area contributed by atoms with Crippen LogP contribution in [0.3, 0.4) is 0 Å². The molecule has 1 heterocycles. The predicted molar refractivity (Wildman–Crippen MR) is 113 cm³/mol. The zero-order chi connectivity index (χ0) is 20.9. The quantitative estimate of drug-likeness (QED) is 0.598. The molecule has 1 saturated heterocycles. The molecule has 9 heteroatoms. The van der Waals surface area contributed by atoms with Gasteiger partial charge in [0, 0.05) is 26.2 Å². The summed E-state index contributed by atoms with van der Waals surface area (Å²) in [6.45, 7) is 1.95. The van der Waals surface area contributed by atoms with Gasteiger partial charge in [-0.2, -0.15) is 4.31 Å². The van der Waals surface area contributed by atoms with Gasteiger partial charge >= 0.3 is 0 Å². The second kappa shape index (κ2) is 9.91. The number of ether oxygens (including phenoxy) is 1. The van der Waals surface area contributed by atoms with Crippen molar-refractivity contribution in [2.45, 2.75) is 17.9 Å². The van der Waals surface area contributed by atoms with E-state index in [1.165, 1.54) is 22.5 Å². The molecule has 29 heavy (non-hydrogen) atoms. The van der Waals surface area contributed by atoms with Crippen molar-refractivity contribution in [3.63, 3.8) is 0 Å². The van der Waals surface area contributed by atoms with E-state index >= 15 is 0 Å². The Morgan fingerprint density at radius 2 is 1.66 bits per heavy atom. The summed E-state index contributed by atoms with van der Waals surface area (Å²) in [5.74, 6) is -0.0374. The summed E-state index contributed by atoms with van der Waals surface area (Å²) >= 11 is 11.8. The molecule has 0 radical (unpaired) electrons. The van der Waals surface area contributed by atoms with Crippen LogP contribution in [0.5, 0.6) is 0 Å². The number of piperazine rings is 1. The Hall–Kier alpha value is -1.64. The third-order valence-electron chi connectivity index (χ3n) is 4.69. The van der Waals surface area contributed by atoms with Crippen LogP contribution >= 0.6 is 23.2 Å².